The molecule has 0 aliphatic carbocycles. The van der Waals surface area contributed by atoms with Crippen LogP contribution in [0.25, 0.3) is 0 Å². The van der Waals surface area contributed by atoms with Crippen molar-refractivity contribution >= 4 is 5.69 Å². The molecule has 4 nitrogen and oxygen atoms in total. The molecule has 2 rings (SSSR count). The Kier molecular flexibility index (Phi) is 4.02. The van der Waals surface area contributed by atoms with Gasteiger partial charge in [0.2, 0.25) is 0 Å². The number of nitrogen functional groups attached to an aromatic ring is 1. The number of nitrogens with zero attached hydrogens (tertiary/aromatic N) is 1. The van der Waals surface area contributed by atoms with Gasteiger partial charge >= 0.3 is 0 Å². The van der Waals surface area contributed by atoms with Gasteiger partial charge in [-0.2, -0.15) is 0 Å². The van der Waals surface area contributed by atoms with Gasteiger partial charge in [0, 0.05) is 24.3 Å². The van der Waals surface area contributed by atoms with Gasteiger partial charge in [0.15, 0.2) is 0 Å². The van der Waals surface area contributed by atoms with Gasteiger partial charge in [-0.3, -0.25) is 4.90 Å². The van der Waals surface area contributed by atoms with Crippen LogP contribution in [0.3, 0.4) is 0 Å². The smallest absolute Gasteiger partial charge is 0.0947 e. The molecule has 96 valence electrons. The average Bonchev–Trinajstić information content (AvgIpc) is 2.81. The summed E-state index contributed by atoms with van der Waals surface area (Å²) in [5.41, 5.74) is 8.31. The summed E-state index contributed by atoms with van der Waals surface area (Å²) < 4.78 is 5.02. The van der Waals surface area contributed by atoms with E-state index in [4.69, 9.17) is 10.2 Å². The molecule has 0 saturated heterocycles. The SMILES string of the molecule is CN(Cc1ccoc1)CC(O)c1cccc(N)c1. The Balaban J connectivity index is 1.92. The van der Waals surface area contributed by atoms with E-state index in [2.05, 4.69) is 0 Å². The molecule has 0 radical (unpaired) electrons. The van der Waals surface area contributed by atoms with Crippen LogP contribution in [0.15, 0.2) is 47.3 Å². The molecule has 4 heteroatoms. The van der Waals surface area contributed by atoms with Crippen molar-refractivity contribution in [2.75, 3.05) is 19.3 Å². The van der Waals surface area contributed by atoms with Crippen LogP contribution >= 0.6 is 0 Å². The molecular weight excluding hydrogens is 228 g/mol. The monoisotopic (exact) mass is 246 g/mol. The lowest BCUT2D eigenvalue weighted by Crippen LogP contribution is -2.24. The van der Waals surface area contributed by atoms with Gasteiger partial charge in [-0.15, -0.1) is 0 Å². The molecule has 0 fully saturated rings. The zero-order valence-corrected chi connectivity index (χ0v) is 10.4. The molecule has 0 amide bonds. The van der Waals surface area contributed by atoms with E-state index in [9.17, 15) is 5.11 Å². The summed E-state index contributed by atoms with van der Waals surface area (Å²) in [7, 11) is 1.96. The van der Waals surface area contributed by atoms with E-state index in [1.807, 2.05) is 36.2 Å². The standard InChI is InChI=1S/C14H18N2O2/c1-16(8-11-5-6-18-10-11)9-14(17)12-3-2-4-13(15)7-12/h2-7,10,14,17H,8-9,15H2,1H3. The first-order valence-corrected chi connectivity index (χ1v) is 5.88. The summed E-state index contributed by atoms with van der Waals surface area (Å²) in [6.45, 7) is 1.30. The lowest BCUT2D eigenvalue weighted by atomic mass is 10.1. The van der Waals surface area contributed by atoms with Crippen molar-refractivity contribution in [3.63, 3.8) is 0 Å². The van der Waals surface area contributed by atoms with E-state index in [-0.39, 0.29) is 0 Å². The Morgan fingerprint density at radius 1 is 1.39 bits per heavy atom. The number of nitrogens with two attached hydrogens (primary N) is 1. The fraction of sp³-hybridized carbons (Fsp3) is 0.286. The molecule has 1 heterocycles. The van der Waals surface area contributed by atoms with Crippen molar-refractivity contribution in [2.45, 2.75) is 12.6 Å². The van der Waals surface area contributed by atoms with E-state index in [1.165, 1.54) is 0 Å². The van der Waals surface area contributed by atoms with E-state index >= 15 is 0 Å². The van der Waals surface area contributed by atoms with Crippen LogP contribution in [0, 0.1) is 0 Å². The van der Waals surface area contributed by atoms with Crippen LogP contribution < -0.4 is 5.73 Å². The highest BCUT2D eigenvalue weighted by Gasteiger charge is 2.11. The average molecular weight is 246 g/mol. The summed E-state index contributed by atoms with van der Waals surface area (Å²) >= 11 is 0. The topological polar surface area (TPSA) is 62.6 Å². The maximum Gasteiger partial charge on any atom is 0.0947 e. The number of anilines is 1. The second kappa shape index (κ2) is 5.71. The van der Waals surface area contributed by atoms with E-state index in [0.717, 1.165) is 17.7 Å². The first kappa shape index (κ1) is 12.7. The van der Waals surface area contributed by atoms with Crippen LogP contribution in [0.5, 0.6) is 0 Å². The number of rotatable bonds is 5. The molecule has 0 bridgehead atoms. The van der Waals surface area contributed by atoms with Crippen LogP contribution in [0.1, 0.15) is 17.2 Å². The van der Waals surface area contributed by atoms with Gasteiger partial charge in [0.05, 0.1) is 18.6 Å². The summed E-state index contributed by atoms with van der Waals surface area (Å²) in [5, 5.41) is 10.1. The maximum atomic E-state index is 10.1. The first-order valence-electron chi connectivity index (χ1n) is 5.88. The molecule has 1 atom stereocenters. The van der Waals surface area contributed by atoms with Gasteiger partial charge in [-0.1, -0.05) is 12.1 Å². The van der Waals surface area contributed by atoms with Crippen molar-refractivity contribution in [1.29, 1.82) is 0 Å². The zero-order valence-electron chi connectivity index (χ0n) is 10.4. The van der Waals surface area contributed by atoms with Crippen molar-refractivity contribution < 1.29 is 9.52 Å². The number of benzene rings is 1. The van der Waals surface area contributed by atoms with Crippen molar-refractivity contribution in [1.82, 2.24) is 4.90 Å². The van der Waals surface area contributed by atoms with Crippen LogP contribution in [0.4, 0.5) is 5.69 Å². The molecule has 1 unspecified atom stereocenters. The predicted molar refractivity (Wildman–Crippen MR) is 70.9 cm³/mol. The minimum atomic E-state index is -0.537. The largest absolute Gasteiger partial charge is 0.472 e. The van der Waals surface area contributed by atoms with Gasteiger partial charge < -0.3 is 15.3 Å². The fourth-order valence-electron chi connectivity index (χ4n) is 1.93. The Bertz CT molecular complexity index is 482. The lowest BCUT2D eigenvalue weighted by molar-refractivity contribution is 0.124. The minimum Gasteiger partial charge on any atom is -0.472 e. The maximum absolute atomic E-state index is 10.1. The normalized spacial score (nSPS) is 12.8. The predicted octanol–water partition coefficient (Wildman–Crippen LogP) is 2.03. The summed E-state index contributed by atoms with van der Waals surface area (Å²) in [4.78, 5) is 2.04. The summed E-state index contributed by atoms with van der Waals surface area (Å²) in [6.07, 6.45) is 2.83. The second-order valence-electron chi connectivity index (χ2n) is 4.51. The highest BCUT2D eigenvalue weighted by molar-refractivity contribution is 5.41. The van der Waals surface area contributed by atoms with Gasteiger partial charge in [-0.25, -0.2) is 0 Å². The Morgan fingerprint density at radius 3 is 2.89 bits per heavy atom. The third-order valence-electron chi connectivity index (χ3n) is 2.81. The Labute approximate surface area is 107 Å². The molecule has 2 aromatic rings. The third kappa shape index (κ3) is 3.35. The van der Waals surface area contributed by atoms with E-state index in [0.29, 0.717) is 12.2 Å². The molecule has 0 spiro atoms. The third-order valence-corrected chi connectivity index (χ3v) is 2.81. The lowest BCUT2D eigenvalue weighted by Gasteiger charge is -2.20. The number of hydrogen-bond donors (Lipinski definition) is 2. The minimum absolute atomic E-state index is 0.537. The van der Waals surface area contributed by atoms with Crippen molar-refractivity contribution in [3.8, 4) is 0 Å². The summed E-state index contributed by atoms with van der Waals surface area (Å²) in [6, 6.07) is 9.27. The zero-order chi connectivity index (χ0) is 13.0. The van der Waals surface area contributed by atoms with Crippen molar-refractivity contribution in [2.24, 2.45) is 0 Å². The Morgan fingerprint density at radius 2 is 2.22 bits per heavy atom. The Hall–Kier alpha value is -1.78. The molecule has 0 aliphatic rings. The fourth-order valence-corrected chi connectivity index (χ4v) is 1.93. The van der Waals surface area contributed by atoms with Crippen molar-refractivity contribution in [3.05, 3.63) is 54.0 Å². The number of hydrogen-bond acceptors (Lipinski definition) is 4. The molecule has 18 heavy (non-hydrogen) atoms. The van der Waals surface area contributed by atoms with E-state index in [1.54, 1.807) is 18.6 Å². The molecule has 0 aliphatic heterocycles. The van der Waals surface area contributed by atoms with Gasteiger partial charge in [0.1, 0.15) is 0 Å². The molecule has 0 saturated carbocycles. The number of likely N-dealkylation sites (N-methyl/N-ethyl adjacent to an activating group) is 1. The molecule has 1 aromatic heterocycles. The van der Waals surface area contributed by atoms with Crippen LogP contribution in [-0.4, -0.2) is 23.6 Å². The van der Waals surface area contributed by atoms with Gasteiger partial charge in [-0.05, 0) is 30.8 Å². The highest BCUT2D eigenvalue weighted by Crippen LogP contribution is 2.17. The molecule has 1 aromatic carbocycles. The van der Waals surface area contributed by atoms with E-state index < -0.39 is 6.10 Å². The highest BCUT2D eigenvalue weighted by atomic mass is 16.3. The number of aliphatic hydroxyl groups excluding tert-OH is 1. The molecule has 3 N–H and O–H groups in total. The van der Waals surface area contributed by atoms with Crippen LogP contribution in [-0.2, 0) is 6.54 Å². The number of aliphatic hydroxyl groups is 1. The summed E-state index contributed by atoms with van der Waals surface area (Å²) in [5.74, 6) is 0. The quantitative estimate of drug-likeness (QED) is 0.792. The molecular formula is C14H18N2O2. The van der Waals surface area contributed by atoms with Crippen LogP contribution in [0.2, 0.25) is 0 Å². The number of furan rings is 1. The second-order valence-corrected chi connectivity index (χ2v) is 4.51. The van der Waals surface area contributed by atoms with Gasteiger partial charge in [0.25, 0.3) is 0 Å². The first-order chi connectivity index (χ1) is 8.65.